The summed E-state index contributed by atoms with van der Waals surface area (Å²) in [5, 5.41) is 61.4. The molecule has 0 saturated carbocycles. The SMILES string of the molecule is CCCCCCCCCCCCCCCCCCCCCCCCCCN[C@@H](CO[C@@H]1O[C@H](COC(=S)Nc2ccc(C)cc2)[C@H](O)[C@H](O)[C@H]1O)[C@H](O)[C@H](O)CCCCCCCCCCCCCC. The van der Waals surface area contributed by atoms with Crippen molar-refractivity contribution in [3.05, 3.63) is 29.8 Å². The van der Waals surface area contributed by atoms with E-state index in [0.29, 0.717) is 13.0 Å². The fraction of sp³-hybridized carbons (Fsp3) is 0.879. The average molecular weight is 994 g/mol. The maximum Gasteiger partial charge on any atom is 0.261 e. The van der Waals surface area contributed by atoms with Crippen molar-refractivity contribution in [1.82, 2.24) is 5.32 Å². The number of rotatable bonds is 47. The number of benzene rings is 1. The molecular weight excluding hydrogens is 885 g/mol. The highest BCUT2D eigenvalue weighted by Gasteiger charge is 2.45. The molecule has 0 amide bonds. The predicted molar refractivity (Wildman–Crippen MR) is 292 cm³/mol. The van der Waals surface area contributed by atoms with Gasteiger partial charge in [-0.15, -0.1) is 0 Å². The second kappa shape index (κ2) is 44.1. The van der Waals surface area contributed by atoms with Crippen LogP contribution >= 0.6 is 12.2 Å². The molecule has 1 aliphatic heterocycles. The van der Waals surface area contributed by atoms with E-state index in [1.807, 2.05) is 31.2 Å². The molecule has 0 aliphatic carbocycles. The average Bonchev–Trinajstić information content (AvgIpc) is 3.35. The zero-order chi connectivity index (χ0) is 50.0. The summed E-state index contributed by atoms with van der Waals surface area (Å²) in [5.74, 6) is 0. The second-order valence-corrected chi connectivity index (χ2v) is 21.2. The maximum atomic E-state index is 11.4. The quantitative estimate of drug-likeness (QED) is 0.0247. The number of anilines is 1. The minimum atomic E-state index is -1.55. The number of aliphatic hydroxyl groups excluding tert-OH is 5. The molecule has 404 valence electrons. The van der Waals surface area contributed by atoms with E-state index in [2.05, 4.69) is 24.5 Å². The monoisotopic (exact) mass is 993 g/mol. The number of thiocarbonyl (C=S) groups is 1. The minimum absolute atomic E-state index is 0.0722. The molecule has 11 heteroatoms. The van der Waals surface area contributed by atoms with Crippen LogP contribution in [0.5, 0.6) is 0 Å². The third-order valence-electron chi connectivity index (χ3n) is 14.4. The van der Waals surface area contributed by atoms with Crippen LogP contribution in [0.4, 0.5) is 5.69 Å². The van der Waals surface area contributed by atoms with Gasteiger partial charge in [-0.05, 0) is 50.7 Å². The van der Waals surface area contributed by atoms with E-state index in [9.17, 15) is 25.5 Å². The zero-order valence-corrected chi connectivity index (χ0v) is 45.4. The first-order valence-electron chi connectivity index (χ1n) is 29.1. The number of nitrogens with one attached hydrogen (secondary N) is 2. The van der Waals surface area contributed by atoms with Gasteiger partial charge < -0.3 is 50.4 Å². The summed E-state index contributed by atoms with van der Waals surface area (Å²) in [6.45, 7) is 6.91. The summed E-state index contributed by atoms with van der Waals surface area (Å²) in [6, 6.07) is 7.00. The third kappa shape index (κ3) is 33.1. The summed E-state index contributed by atoms with van der Waals surface area (Å²) in [6.07, 6.45) is 38.7. The molecule has 1 aromatic carbocycles. The Labute approximate surface area is 428 Å². The van der Waals surface area contributed by atoms with Crippen LogP contribution in [-0.2, 0) is 14.2 Å². The van der Waals surface area contributed by atoms with Gasteiger partial charge in [0.2, 0.25) is 0 Å². The molecule has 7 N–H and O–H groups in total. The van der Waals surface area contributed by atoms with Crippen LogP contribution < -0.4 is 10.6 Å². The molecule has 0 unspecified atom stereocenters. The van der Waals surface area contributed by atoms with E-state index >= 15 is 0 Å². The van der Waals surface area contributed by atoms with Crippen molar-refractivity contribution in [2.45, 2.75) is 307 Å². The van der Waals surface area contributed by atoms with Crippen LogP contribution in [0.25, 0.3) is 0 Å². The largest absolute Gasteiger partial charge is 0.468 e. The van der Waals surface area contributed by atoms with Crippen LogP contribution in [-0.4, -0.2) is 99.4 Å². The molecule has 2 rings (SSSR count). The standard InChI is InChI=1S/C58H108N2O8S/c1-4-6-8-10-12-14-16-18-19-20-21-22-23-24-25-26-27-28-29-31-33-35-37-39-45-59-50(53(62)51(61)40-38-36-34-32-30-17-15-13-11-9-7-5-2)46-66-57-56(65)55(64)54(63)52(68-57)47-67-58(69)60-49-43-41-48(3)42-44-49/h41-44,50-57,59,61-65H,4-40,45-47H2,1-3H3,(H,60,69)/t50-,51+,52+,53-,54-,55-,56+,57+/m0/s1. The number of hydrogen-bond donors (Lipinski definition) is 7. The van der Waals surface area contributed by atoms with Crippen LogP contribution in [0.3, 0.4) is 0 Å². The first-order chi connectivity index (χ1) is 33.7. The van der Waals surface area contributed by atoms with Gasteiger partial charge in [-0.3, -0.25) is 0 Å². The molecule has 1 aromatic rings. The summed E-state index contributed by atoms with van der Waals surface area (Å²) in [5.41, 5.74) is 1.85. The lowest BCUT2D eigenvalue weighted by atomic mass is 9.98. The van der Waals surface area contributed by atoms with Gasteiger partial charge in [-0.1, -0.05) is 256 Å². The Bertz CT molecular complexity index is 1290. The maximum absolute atomic E-state index is 11.4. The van der Waals surface area contributed by atoms with Crippen LogP contribution in [0, 0.1) is 6.92 Å². The molecular formula is C58H108N2O8S. The van der Waals surface area contributed by atoms with Gasteiger partial charge >= 0.3 is 0 Å². The van der Waals surface area contributed by atoms with Crippen molar-refractivity contribution in [3.63, 3.8) is 0 Å². The Balaban J connectivity index is 1.68. The molecule has 0 bridgehead atoms. The van der Waals surface area contributed by atoms with E-state index in [1.54, 1.807) is 0 Å². The van der Waals surface area contributed by atoms with Crippen LogP contribution in [0.1, 0.15) is 257 Å². The number of aryl methyl sites for hydroxylation is 1. The van der Waals surface area contributed by atoms with E-state index in [-0.39, 0.29) is 18.4 Å². The topological polar surface area (TPSA) is 153 Å². The fourth-order valence-corrected chi connectivity index (χ4v) is 9.81. The van der Waals surface area contributed by atoms with Crippen molar-refractivity contribution in [2.75, 3.05) is 25.1 Å². The molecule has 69 heavy (non-hydrogen) atoms. The summed E-state index contributed by atoms with van der Waals surface area (Å²) >= 11 is 5.34. The van der Waals surface area contributed by atoms with Gasteiger partial charge in [-0.2, -0.15) is 0 Å². The second-order valence-electron chi connectivity index (χ2n) is 20.9. The Kier molecular flexibility index (Phi) is 40.7. The highest BCUT2D eigenvalue weighted by molar-refractivity contribution is 7.80. The lowest BCUT2D eigenvalue weighted by molar-refractivity contribution is -0.302. The first kappa shape index (κ1) is 63.7. The highest BCUT2D eigenvalue weighted by atomic mass is 32.1. The number of aliphatic hydroxyl groups is 5. The van der Waals surface area contributed by atoms with E-state index < -0.39 is 49.0 Å². The van der Waals surface area contributed by atoms with E-state index in [4.69, 9.17) is 26.4 Å². The molecule has 1 saturated heterocycles. The third-order valence-corrected chi connectivity index (χ3v) is 14.6. The lowest BCUT2D eigenvalue weighted by Gasteiger charge is -2.40. The van der Waals surface area contributed by atoms with Gasteiger partial charge in [0, 0.05) is 5.69 Å². The van der Waals surface area contributed by atoms with Gasteiger partial charge in [-0.25, -0.2) is 0 Å². The molecule has 0 spiro atoms. The van der Waals surface area contributed by atoms with E-state index in [1.165, 1.54) is 199 Å². The van der Waals surface area contributed by atoms with Gasteiger partial charge in [0.15, 0.2) is 6.29 Å². The molecule has 1 heterocycles. The van der Waals surface area contributed by atoms with E-state index in [0.717, 1.165) is 43.4 Å². The molecule has 10 nitrogen and oxygen atoms in total. The Hall–Kier alpha value is -1.41. The zero-order valence-electron chi connectivity index (χ0n) is 44.6. The number of ether oxygens (including phenoxy) is 3. The van der Waals surface area contributed by atoms with Crippen LogP contribution in [0.2, 0.25) is 0 Å². The Morgan fingerprint density at radius 2 is 0.942 bits per heavy atom. The highest BCUT2D eigenvalue weighted by Crippen LogP contribution is 2.24. The number of hydrogen-bond acceptors (Lipinski definition) is 10. The van der Waals surface area contributed by atoms with Crippen LogP contribution in [0.15, 0.2) is 24.3 Å². The van der Waals surface area contributed by atoms with Gasteiger partial charge in [0.25, 0.3) is 5.17 Å². The smallest absolute Gasteiger partial charge is 0.261 e. The summed E-state index contributed by atoms with van der Waals surface area (Å²) in [7, 11) is 0. The van der Waals surface area contributed by atoms with Crippen molar-refractivity contribution >= 4 is 23.1 Å². The molecule has 8 atom stereocenters. The normalized spacial score (nSPS) is 19.7. The molecule has 1 fully saturated rings. The summed E-state index contributed by atoms with van der Waals surface area (Å²) in [4.78, 5) is 0. The molecule has 0 aromatic heterocycles. The van der Waals surface area contributed by atoms with Crippen molar-refractivity contribution in [2.24, 2.45) is 0 Å². The summed E-state index contributed by atoms with van der Waals surface area (Å²) < 4.78 is 17.6. The molecule has 0 radical (unpaired) electrons. The lowest BCUT2D eigenvalue weighted by Crippen LogP contribution is -2.60. The predicted octanol–water partition coefficient (Wildman–Crippen LogP) is 13.7. The Morgan fingerprint density at radius 1 is 0.551 bits per heavy atom. The Morgan fingerprint density at radius 3 is 1.36 bits per heavy atom. The first-order valence-corrected chi connectivity index (χ1v) is 29.5. The fourth-order valence-electron chi connectivity index (χ4n) is 9.63. The molecule has 1 aliphatic rings. The van der Waals surface area contributed by atoms with Crippen molar-refractivity contribution in [3.8, 4) is 0 Å². The van der Waals surface area contributed by atoms with Crippen molar-refractivity contribution in [1.29, 1.82) is 0 Å². The van der Waals surface area contributed by atoms with Gasteiger partial charge in [0.05, 0.1) is 24.9 Å². The minimum Gasteiger partial charge on any atom is -0.468 e. The number of unbranched alkanes of at least 4 members (excludes halogenated alkanes) is 34. The van der Waals surface area contributed by atoms with Gasteiger partial charge in [0.1, 0.15) is 31.0 Å². The van der Waals surface area contributed by atoms with Crippen molar-refractivity contribution < 1.29 is 39.7 Å².